The number of nitrogen functional groups attached to an aromatic ring is 1. The Bertz CT molecular complexity index is 576. The Kier molecular flexibility index (Phi) is 4.48. The molecule has 1 aliphatic rings. The lowest BCUT2D eigenvalue weighted by molar-refractivity contribution is 0.185. The Morgan fingerprint density at radius 2 is 2.19 bits per heavy atom. The van der Waals surface area contributed by atoms with Gasteiger partial charge in [-0.15, -0.1) is 21.5 Å². The van der Waals surface area contributed by atoms with E-state index in [1.165, 1.54) is 18.4 Å². The number of piperidine rings is 1. The number of thiophene rings is 1. The number of likely N-dealkylation sites (tertiary alicyclic amines) is 1. The van der Waals surface area contributed by atoms with E-state index in [0.717, 1.165) is 36.1 Å². The van der Waals surface area contributed by atoms with Gasteiger partial charge in [-0.3, -0.25) is 4.90 Å². The minimum Gasteiger partial charge on any atom is -0.307 e. The first-order valence-electron chi connectivity index (χ1n) is 7.35. The van der Waals surface area contributed by atoms with Gasteiger partial charge in [-0.05, 0) is 54.9 Å². The zero-order valence-electron chi connectivity index (χ0n) is 12.2. The Hall–Kier alpha value is -1.50. The smallest absolute Gasteiger partial charge is 0.162 e. The lowest BCUT2D eigenvalue weighted by Gasteiger charge is -2.30. The molecule has 3 rings (SSSR count). The largest absolute Gasteiger partial charge is 0.307 e. The first-order chi connectivity index (χ1) is 10.3. The van der Waals surface area contributed by atoms with Gasteiger partial charge in [-0.2, -0.15) is 0 Å². The summed E-state index contributed by atoms with van der Waals surface area (Å²) in [6.07, 6.45) is 2.55. The molecule has 0 saturated carbocycles. The molecule has 3 N–H and O–H groups in total. The monoisotopic (exact) mass is 303 g/mol. The Morgan fingerprint density at radius 1 is 1.38 bits per heavy atom. The van der Waals surface area contributed by atoms with Gasteiger partial charge in [-0.25, -0.2) is 5.84 Å². The molecule has 112 valence electrons. The molecule has 1 aliphatic heterocycles. The molecule has 0 spiro atoms. The number of nitrogens with two attached hydrogens (primary N) is 1. The van der Waals surface area contributed by atoms with Crippen molar-refractivity contribution in [3.63, 3.8) is 0 Å². The number of aromatic nitrogens is 2. The van der Waals surface area contributed by atoms with Gasteiger partial charge in [0, 0.05) is 6.54 Å². The molecule has 0 atom stereocenters. The zero-order valence-corrected chi connectivity index (χ0v) is 13.1. The molecule has 6 heteroatoms. The number of nitrogens with one attached hydrogen (secondary N) is 1. The highest BCUT2D eigenvalue weighted by Gasteiger charge is 2.18. The Morgan fingerprint density at radius 3 is 2.86 bits per heavy atom. The maximum Gasteiger partial charge on any atom is 0.162 e. The quantitative estimate of drug-likeness (QED) is 0.671. The third-order valence-corrected chi connectivity index (χ3v) is 4.92. The highest BCUT2D eigenvalue weighted by atomic mass is 32.1. The number of anilines is 1. The molecule has 0 aromatic carbocycles. The molecule has 21 heavy (non-hydrogen) atoms. The lowest BCUT2D eigenvalue weighted by Crippen LogP contribution is -2.32. The standard InChI is InChI=1S/C15H21N5S/c1-11-4-6-20(7-5-11)10-12-9-14(17-16)18-19-15(12)13-3-2-8-21-13/h2-3,8-9,11H,4-7,10,16H2,1H3,(H,17,18). The van der Waals surface area contributed by atoms with Gasteiger partial charge in [0.05, 0.1) is 4.88 Å². The number of nitrogens with zero attached hydrogens (tertiary/aromatic N) is 3. The van der Waals surface area contributed by atoms with E-state index in [9.17, 15) is 0 Å². The average Bonchev–Trinajstić information content (AvgIpc) is 3.03. The normalized spacial score (nSPS) is 17.0. The SMILES string of the molecule is CC1CCN(Cc2cc(NN)nnc2-c2cccs2)CC1. The van der Waals surface area contributed by atoms with Gasteiger partial charge in [0.25, 0.3) is 0 Å². The van der Waals surface area contributed by atoms with E-state index in [0.29, 0.717) is 5.82 Å². The van der Waals surface area contributed by atoms with Crippen molar-refractivity contribution < 1.29 is 0 Å². The van der Waals surface area contributed by atoms with Crippen molar-refractivity contribution in [2.75, 3.05) is 18.5 Å². The third-order valence-electron chi connectivity index (χ3n) is 4.05. The van der Waals surface area contributed by atoms with Crippen LogP contribution in [0.2, 0.25) is 0 Å². The fourth-order valence-electron chi connectivity index (χ4n) is 2.70. The first-order valence-corrected chi connectivity index (χ1v) is 8.23. The summed E-state index contributed by atoms with van der Waals surface area (Å²) in [4.78, 5) is 3.65. The number of hydrogen-bond acceptors (Lipinski definition) is 6. The summed E-state index contributed by atoms with van der Waals surface area (Å²) in [6.45, 7) is 5.54. The van der Waals surface area contributed by atoms with E-state index in [1.54, 1.807) is 11.3 Å². The van der Waals surface area contributed by atoms with Gasteiger partial charge >= 0.3 is 0 Å². The molecule has 1 saturated heterocycles. The van der Waals surface area contributed by atoms with E-state index in [4.69, 9.17) is 5.84 Å². The van der Waals surface area contributed by atoms with Crippen LogP contribution in [0.4, 0.5) is 5.82 Å². The molecule has 0 aliphatic carbocycles. The maximum absolute atomic E-state index is 5.48. The molecule has 0 radical (unpaired) electrons. The van der Waals surface area contributed by atoms with Gasteiger partial charge in [0.2, 0.25) is 0 Å². The van der Waals surface area contributed by atoms with Crippen LogP contribution in [0.1, 0.15) is 25.3 Å². The average molecular weight is 303 g/mol. The van der Waals surface area contributed by atoms with E-state index < -0.39 is 0 Å². The summed E-state index contributed by atoms with van der Waals surface area (Å²) in [5.74, 6) is 6.94. The van der Waals surface area contributed by atoms with Crippen molar-refractivity contribution in [2.24, 2.45) is 11.8 Å². The van der Waals surface area contributed by atoms with Crippen molar-refractivity contribution in [1.82, 2.24) is 15.1 Å². The second-order valence-electron chi connectivity index (χ2n) is 5.68. The molecule has 0 bridgehead atoms. The summed E-state index contributed by atoms with van der Waals surface area (Å²) in [5, 5.41) is 10.6. The van der Waals surface area contributed by atoms with Crippen LogP contribution in [-0.2, 0) is 6.54 Å². The molecule has 1 fully saturated rings. The Balaban J connectivity index is 1.84. The third kappa shape index (κ3) is 3.40. The summed E-state index contributed by atoms with van der Waals surface area (Å²) < 4.78 is 0. The van der Waals surface area contributed by atoms with E-state index >= 15 is 0 Å². The molecule has 0 amide bonds. The van der Waals surface area contributed by atoms with Crippen LogP contribution in [0.3, 0.4) is 0 Å². The van der Waals surface area contributed by atoms with Gasteiger partial charge in [0.1, 0.15) is 5.69 Å². The highest BCUT2D eigenvalue weighted by Crippen LogP contribution is 2.28. The summed E-state index contributed by atoms with van der Waals surface area (Å²) >= 11 is 1.69. The molecule has 2 aromatic rings. The van der Waals surface area contributed by atoms with Crippen LogP contribution < -0.4 is 11.3 Å². The van der Waals surface area contributed by atoms with Crippen LogP contribution in [-0.4, -0.2) is 28.2 Å². The molecular formula is C15H21N5S. The van der Waals surface area contributed by atoms with Crippen molar-refractivity contribution in [1.29, 1.82) is 0 Å². The minimum absolute atomic E-state index is 0.621. The lowest BCUT2D eigenvalue weighted by atomic mass is 9.98. The highest BCUT2D eigenvalue weighted by molar-refractivity contribution is 7.13. The van der Waals surface area contributed by atoms with Crippen molar-refractivity contribution >= 4 is 17.2 Å². The van der Waals surface area contributed by atoms with Crippen molar-refractivity contribution in [3.8, 4) is 10.6 Å². The predicted molar refractivity (Wildman–Crippen MR) is 86.8 cm³/mol. The van der Waals surface area contributed by atoms with Crippen molar-refractivity contribution in [3.05, 3.63) is 29.1 Å². The van der Waals surface area contributed by atoms with Gasteiger partial charge in [-0.1, -0.05) is 13.0 Å². The van der Waals surface area contributed by atoms with E-state index in [2.05, 4.69) is 38.9 Å². The predicted octanol–water partition coefficient (Wildman–Crippen LogP) is 2.72. The summed E-state index contributed by atoms with van der Waals surface area (Å²) in [7, 11) is 0. The fourth-order valence-corrected chi connectivity index (χ4v) is 3.45. The molecule has 3 heterocycles. The van der Waals surface area contributed by atoms with Crippen molar-refractivity contribution in [2.45, 2.75) is 26.3 Å². The van der Waals surface area contributed by atoms with Crippen LogP contribution in [0, 0.1) is 5.92 Å². The molecular weight excluding hydrogens is 282 g/mol. The molecule has 0 unspecified atom stereocenters. The van der Waals surface area contributed by atoms with Crippen LogP contribution in [0.25, 0.3) is 10.6 Å². The zero-order chi connectivity index (χ0) is 14.7. The van der Waals surface area contributed by atoms with Crippen LogP contribution in [0.5, 0.6) is 0 Å². The fraction of sp³-hybridized carbons (Fsp3) is 0.467. The van der Waals surface area contributed by atoms with Gasteiger partial charge in [0.15, 0.2) is 5.82 Å². The first kappa shape index (κ1) is 14.4. The number of hydrazine groups is 1. The summed E-state index contributed by atoms with van der Waals surface area (Å²) in [5.41, 5.74) is 4.76. The maximum atomic E-state index is 5.48. The molecule has 2 aromatic heterocycles. The van der Waals surface area contributed by atoms with E-state index in [-0.39, 0.29) is 0 Å². The van der Waals surface area contributed by atoms with Crippen LogP contribution in [0.15, 0.2) is 23.6 Å². The summed E-state index contributed by atoms with van der Waals surface area (Å²) in [6, 6.07) is 6.15. The number of rotatable bonds is 4. The van der Waals surface area contributed by atoms with Crippen LogP contribution >= 0.6 is 11.3 Å². The molecule has 5 nitrogen and oxygen atoms in total. The minimum atomic E-state index is 0.621. The Labute approximate surface area is 129 Å². The van der Waals surface area contributed by atoms with Gasteiger partial charge < -0.3 is 5.43 Å². The topological polar surface area (TPSA) is 67.1 Å². The second-order valence-corrected chi connectivity index (χ2v) is 6.63. The second kappa shape index (κ2) is 6.51. The number of hydrogen-bond donors (Lipinski definition) is 2. The van der Waals surface area contributed by atoms with E-state index in [1.807, 2.05) is 12.1 Å².